The molecule has 0 bridgehead atoms. The van der Waals surface area contributed by atoms with Crippen molar-refractivity contribution in [1.82, 2.24) is 10.6 Å². The van der Waals surface area contributed by atoms with Crippen LogP contribution in [0.2, 0.25) is 0 Å². The van der Waals surface area contributed by atoms with Gasteiger partial charge in [-0.05, 0) is 45.4 Å². The van der Waals surface area contributed by atoms with Crippen LogP contribution < -0.4 is 10.6 Å². The van der Waals surface area contributed by atoms with Gasteiger partial charge in [-0.2, -0.15) is 0 Å². The Labute approximate surface area is 287 Å². The van der Waals surface area contributed by atoms with Crippen molar-refractivity contribution < 1.29 is 29.0 Å². The van der Waals surface area contributed by atoms with Crippen LogP contribution in [0, 0.1) is 23.2 Å². The minimum Gasteiger partial charge on any atom is -0.481 e. The van der Waals surface area contributed by atoms with Crippen molar-refractivity contribution in [1.29, 1.82) is 0 Å². The lowest BCUT2D eigenvalue weighted by molar-refractivity contribution is -0.304. The molecule has 1 heterocycles. The summed E-state index contributed by atoms with van der Waals surface area (Å²) in [5, 5.41) is 16.5. The Bertz CT molecular complexity index is 906. The van der Waals surface area contributed by atoms with E-state index in [2.05, 4.69) is 24.5 Å². The third-order valence-electron chi connectivity index (χ3n) is 10.5. The second-order valence-electron chi connectivity index (χ2n) is 15.8. The Morgan fingerprint density at radius 2 is 1.32 bits per heavy atom. The molecule has 0 aromatic rings. The van der Waals surface area contributed by atoms with Crippen molar-refractivity contribution in [3.63, 3.8) is 0 Å². The summed E-state index contributed by atoms with van der Waals surface area (Å²) in [4.78, 5) is 39.3. The van der Waals surface area contributed by atoms with Gasteiger partial charge in [-0.15, -0.1) is 0 Å². The molecule has 2 fully saturated rings. The largest absolute Gasteiger partial charge is 0.481 e. The summed E-state index contributed by atoms with van der Waals surface area (Å²) in [6, 6.07) is -0.195. The molecule has 274 valence electrons. The van der Waals surface area contributed by atoms with Gasteiger partial charge in [0, 0.05) is 23.9 Å². The van der Waals surface area contributed by atoms with Crippen molar-refractivity contribution in [3.8, 4) is 0 Å². The fourth-order valence-electron chi connectivity index (χ4n) is 7.51. The van der Waals surface area contributed by atoms with Crippen LogP contribution in [-0.4, -0.2) is 54.0 Å². The number of carbonyl (C=O) groups is 3. The van der Waals surface area contributed by atoms with Gasteiger partial charge in [0.25, 0.3) is 0 Å². The molecule has 0 spiro atoms. The summed E-state index contributed by atoms with van der Waals surface area (Å²) in [5.41, 5.74) is -0.541. The van der Waals surface area contributed by atoms with Gasteiger partial charge in [0.1, 0.15) is 6.10 Å². The van der Waals surface area contributed by atoms with Crippen molar-refractivity contribution in [3.05, 3.63) is 0 Å². The van der Waals surface area contributed by atoms with Crippen molar-refractivity contribution >= 4 is 17.8 Å². The Balaban J connectivity index is 1.79. The molecule has 1 saturated heterocycles. The van der Waals surface area contributed by atoms with Gasteiger partial charge >= 0.3 is 5.97 Å². The molecule has 1 aliphatic carbocycles. The highest BCUT2D eigenvalue weighted by Gasteiger charge is 2.46. The molecule has 2 amide bonds. The highest BCUT2D eigenvalue weighted by molar-refractivity contribution is 5.82. The van der Waals surface area contributed by atoms with Crippen LogP contribution in [0.4, 0.5) is 0 Å². The lowest BCUT2D eigenvalue weighted by Crippen LogP contribution is -2.57. The molecule has 0 radical (unpaired) electrons. The number of ether oxygens (including phenoxy) is 2. The van der Waals surface area contributed by atoms with Crippen LogP contribution in [0.1, 0.15) is 176 Å². The number of hydrogen-bond acceptors (Lipinski definition) is 5. The number of aliphatic carboxylic acids is 1. The van der Waals surface area contributed by atoms with E-state index in [1.807, 2.05) is 13.8 Å². The lowest BCUT2D eigenvalue weighted by Gasteiger charge is -2.45. The number of carboxylic acid groups (broad SMARTS) is 1. The Morgan fingerprint density at radius 3 is 1.87 bits per heavy atom. The zero-order valence-electron chi connectivity index (χ0n) is 31.1. The van der Waals surface area contributed by atoms with Crippen LogP contribution in [0.15, 0.2) is 0 Å². The first-order chi connectivity index (χ1) is 22.4. The van der Waals surface area contributed by atoms with Crippen LogP contribution in [-0.2, 0) is 23.9 Å². The molecule has 2 rings (SSSR count). The number of carboxylic acids is 1. The number of unbranched alkanes of at least 4 members (excludes halogenated alkanes) is 13. The predicted molar refractivity (Wildman–Crippen MR) is 190 cm³/mol. The van der Waals surface area contributed by atoms with Crippen molar-refractivity contribution in [2.75, 3.05) is 13.2 Å². The van der Waals surface area contributed by atoms with Crippen LogP contribution in [0.5, 0.6) is 0 Å². The molecule has 8 heteroatoms. The average Bonchev–Trinajstić information content (AvgIpc) is 3.02. The van der Waals surface area contributed by atoms with E-state index >= 15 is 0 Å². The van der Waals surface area contributed by atoms with Crippen molar-refractivity contribution in [2.45, 2.75) is 194 Å². The molecule has 2 aliphatic rings. The normalized spacial score (nSPS) is 23.5. The zero-order chi connectivity index (χ0) is 34.7. The summed E-state index contributed by atoms with van der Waals surface area (Å²) in [6.07, 6.45) is 23.8. The summed E-state index contributed by atoms with van der Waals surface area (Å²) in [7, 11) is 0. The minimum atomic E-state index is -0.934. The van der Waals surface area contributed by atoms with Gasteiger partial charge in [0.05, 0.1) is 12.5 Å². The first kappa shape index (κ1) is 41.5. The maximum atomic E-state index is 13.6. The predicted octanol–water partition coefficient (Wildman–Crippen LogP) is 8.94. The van der Waals surface area contributed by atoms with Crippen LogP contribution in [0.25, 0.3) is 0 Å². The van der Waals surface area contributed by atoms with E-state index in [-0.39, 0.29) is 36.2 Å². The number of carbonyl (C=O) groups excluding carboxylic acids is 2. The topological polar surface area (TPSA) is 114 Å². The number of nitrogens with one attached hydrogen (secondary N) is 2. The molecule has 5 atom stereocenters. The molecule has 3 N–H and O–H groups in total. The first-order valence-corrected chi connectivity index (χ1v) is 19.5. The molecule has 0 aromatic heterocycles. The van der Waals surface area contributed by atoms with Gasteiger partial charge in [0.2, 0.25) is 11.8 Å². The molecule has 47 heavy (non-hydrogen) atoms. The van der Waals surface area contributed by atoms with Crippen LogP contribution in [0.3, 0.4) is 0 Å². The Morgan fingerprint density at radius 1 is 0.766 bits per heavy atom. The molecule has 8 nitrogen and oxygen atoms in total. The summed E-state index contributed by atoms with van der Waals surface area (Å²) in [6.45, 7) is 12.2. The zero-order valence-corrected chi connectivity index (χ0v) is 31.1. The SMILES string of the molecule is CCCCCCCCCCCCCCCCC(CCC)C(=O)NC1CCCCC1C(CNC(=O)C1OC(C)(C)OCC1(C)C)C(=O)O. The standard InChI is InChI=1S/C39H72N2O6/c1-7-9-10-11-12-13-14-15-16-17-18-19-20-21-25-30(24-8-2)35(42)41-33-27-23-22-26-31(33)32(37(44)45)28-40-36(43)34-38(3,4)29-46-39(5,6)47-34/h30-34H,7-29H2,1-6H3,(H,40,43)(H,41,42)(H,44,45). The van der Waals surface area contributed by atoms with E-state index in [1.54, 1.807) is 13.8 Å². The lowest BCUT2D eigenvalue weighted by atomic mass is 9.75. The first-order valence-electron chi connectivity index (χ1n) is 19.5. The van der Waals surface area contributed by atoms with Gasteiger partial charge in [-0.3, -0.25) is 14.4 Å². The van der Waals surface area contributed by atoms with Crippen molar-refractivity contribution in [2.24, 2.45) is 23.2 Å². The van der Waals surface area contributed by atoms with E-state index in [4.69, 9.17) is 9.47 Å². The quantitative estimate of drug-likeness (QED) is 0.0888. The van der Waals surface area contributed by atoms with E-state index in [0.717, 1.165) is 51.4 Å². The fraction of sp³-hybridized carbons (Fsp3) is 0.923. The molecule has 1 saturated carbocycles. The van der Waals surface area contributed by atoms with Gasteiger partial charge in [0.15, 0.2) is 5.79 Å². The third kappa shape index (κ3) is 15.6. The van der Waals surface area contributed by atoms with E-state index in [1.165, 1.54) is 83.5 Å². The molecular formula is C39H72N2O6. The maximum absolute atomic E-state index is 13.6. The summed E-state index contributed by atoms with van der Waals surface area (Å²) in [5.74, 6) is -3.10. The number of rotatable bonds is 24. The van der Waals surface area contributed by atoms with E-state index < -0.39 is 29.2 Å². The molecular weight excluding hydrogens is 592 g/mol. The maximum Gasteiger partial charge on any atom is 0.308 e. The van der Waals surface area contributed by atoms with Crippen LogP contribution >= 0.6 is 0 Å². The Hall–Kier alpha value is -1.67. The monoisotopic (exact) mass is 665 g/mol. The third-order valence-corrected chi connectivity index (χ3v) is 10.5. The summed E-state index contributed by atoms with van der Waals surface area (Å²) < 4.78 is 11.7. The Kier molecular flexibility index (Phi) is 19.5. The molecule has 1 aliphatic heterocycles. The van der Waals surface area contributed by atoms with E-state index in [0.29, 0.717) is 6.61 Å². The van der Waals surface area contributed by atoms with Gasteiger partial charge in [-0.25, -0.2) is 0 Å². The summed E-state index contributed by atoms with van der Waals surface area (Å²) >= 11 is 0. The highest BCUT2D eigenvalue weighted by atomic mass is 16.7. The number of amides is 2. The molecule has 0 aromatic carbocycles. The smallest absolute Gasteiger partial charge is 0.308 e. The average molecular weight is 665 g/mol. The highest BCUT2D eigenvalue weighted by Crippen LogP contribution is 2.36. The second-order valence-corrected chi connectivity index (χ2v) is 15.8. The minimum absolute atomic E-state index is 0.0138. The van der Waals surface area contributed by atoms with Gasteiger partial charge < -0.3 is 25.2 Å². The molecule has 5 unspecified atom stereocenters. The second kappa shape index (κ2) is 22.1. The fourth-order valence-corrected chi connectivity index (χ4v) is 7.51. The van der Waals surface area contributed by atoms with E-state index in [9.17, 15) is 19.5 Å². The van der Waals surface area contributed by atoms with Gasteiger partial charge in [-0.1, -0.05) is 137 Å². The number of hydrogen-bond donors (Lipinski definition) is 3.